The minimum Gasteiger partial charge on any atom is -0.481 e. The van der Waals surface area contributed by atoms with Gasteiger partial charge in [-0.3, -0.25) is 14.1 Å². The predicted octanol–water partition coefficient (Wildman–Crippen LogP) is 2.17. The zero-order valence-corrected chi connectivity index (χ0v) is 13.4. The van der Waals surface area contributed by atoms with Gasteiger partial charge in [0.15, 0.2) is 0 Å². The van der Waals surface area contributed by atoms with Crippen LogP contribution < -0.4 is 0 Å². The van der Waals surface area contributed by atoms with Crippen molar-refractivity contribution < 1.29 is 32.8 Å². The Kier molecular flexibility index (Phi) is 6.82. The Labute approximate surface area is 125 Å². The first-order chi connectivity index (χ1) is 9.45. The normalized spacial score (nSPS) is 15.4. The van der Waals surface area contributed by atoms with E-state index in [-0.39, 0.29) is 6.42 Å². The Balaban J connectivity index is 5.57. The largest absolute Gasteiger partial charge is 0.481 e. The van der Waals surface area contributed by atoms with Crippen molar-refractivity contribution in [3.63, 3.8) is 0 Å². The molecule has 1 unspecified atom stereocenters. The average molecular weight is 324 g/mol. The maximum absolute atomic E-state index is 11.7. The highest BCUT2D eigenvalue weighted by Crippen LogP contribution is 2.42. The molecular formula is C13H24O7S. The summed E-state index contributed by atoms with van der Waals surface area (Å²) in [5.74, 6) is -3.43. The lowest BCUT2D eigenvalue weighted by Crippen LogP contribution is -2.60. The molecule has 0 radical (unpaired) electrons. The summed E-state index contributed by atoms with van der Waals surface area (Å²) >= 11 is 0. The van der Waals surface area contributed by atoms with Crippen LogP contribution in [0.15, 0.2) is 0 Å². The van der Waals surface area contributed by atoms with Crippen LogP contribution in [0.25, 0.3) is 0 Å². The average Bonchev–Trinajstić information content (AvgIpc) is 2.30. The van der Waals surface area contributed by atoms with Crippen molar-refractivity contribution in [2.75, 3.05) is 0 Å². The van der Waals surface area contributed by atoms with E-state index in [2.05, 4.69) is 0 Å². The summed E-state index contributed by atoms with van der Waals surface area (Å²) in [7, 11) is -5.10. The van der Waals surface area contributed by atoms with E-state index in [4.69, 9.17) is 0 Å². The number of hydrogen-bond donors (Lipinski definition) is 3. The van der Waals surface area contributed by atoms with E-state index in [1.165, 1.54) is 0 Å². The van der Waals surface area contributed by atoms with Crippen molar-refractivity contribution in [2.24, 2.45) is 5.41 Å². The fourth-order valence-electron chi connectivity index (χ4n) is 2.40. The molecule has 0 aliphatic rings. The summed E-state index contributed by atoms with van der Waals surface area (Å²) in [5.41, 5.74) is -2.16. The smallest absolute Gasteiger partial charge is 0.328 e. The third-order valence-electron chi connectivity index (χ3n) is 3.96. The monoisotopic (exact) mass is 324 g/mol. The summed E-state index contributed by atoms with van der Waals surface area (Å²) in [6, 6.07) is 0. The highest BCUT2D eigenvalue weighted by molar-refractivity contribution is 7.88. The number of unbranched alkanes of at least 4 members (excludes halogenated alkanes) is 4. The third kappa shape index (κ3) is 3.94. The van der Waals surface area contributed by atoms with E-state index in [9.17, 15) is 32.8 Å². The van der Waals surface area contributed by atoms with Crippen molar-refractivity contribution in [3.8, 4) is 0 Å². The van der Waals surface area contributed by atoms with E-state index >= 15 is 0 Å². The molecule has 124 valence electrons. The van der Waals surface area contributed by atoms with E-state index < -0.39 is 38.6 Å². The number of rotatable bonds is 10. The van der Waals surface area contributed by atoms with Gasteiger partial charge in [0.2, 0.25) is 4.75 Å². The van der Waals surface area contributed by atoms with Crippen LogP contribution in [-0.4, -0.2) is 39.9 Å². The molecule has 0 aromatic heterocycles. The SMILES string of the molecule is CCCCCCCC(C(=O)O)(C(C)(C)C(=O)O)S(=O)(=O)O. The molecule has 1 atom stereocenters. The fraction of sp³-hybridized carbons (Fsp3) is 0.846. The summed E-state index contributed by atoms with van der Waals surface area (Å²) in [5, 5.41) is 18.5. The van der Waals surface area contributed by atoms with Crippen molar-refractivity contribution in [1.82, 2.24) is 0 Å². The maximum Gasteiger partial charge on any atom is 0.328 e. The molecule has 0 spiro atoms. The highest BCUT2D eigenvalue weighted by atomic mass is 32.2. The molecule has 0 aromatic carbocycles. The van der Waals surface area contributed by atoms with Gasteiger partial charge in [0, 0.05) is 0 Å². The molecule has 0 bridgehead atoms. The standard InChI is InChI=1S/C13H24O7S/c1-4-5-6-7-8-9-13(11(16)17,21(18,19)20)12(2,3)10(14)15/h4-9H2,1-3H3,(H,14,15)(H,16,17)(H,18,19,20). The van der Waals surface area contributed by atoms with Crippen LogP contribution in [0.1, 0.15) is 59.3 Å². The molecule has 3 N–H and O–H groups in total. The molecule has 0 heterocycles. The van der Waals surface area contributed by atoms with E-state index in [0.29, 0.717) is 6.42 Å². The van der Waals surface area contributed by atoms with E-state index in [1.54, 1.807) is 0 Å². The van der Waals surface area contributed by atoms with Crippen molar-refractivity contribution >= 4 is 22.1 Å². The molecule has 0 rings (SSSR count). The van der Waals surface area contributed by atoms with Crippen LogP contribution in [0.2, 0.25) is 0 Å². The molecule has 0 saturated carbocycles. The molecule has 0 aliphatic heterocycles. The summed E-state index contributed by atoms with van der Waals surface area (Å²) in [4.78, 5) is 22.9. The van der Waals surface area contributed by atoms with Gasteiger partial charge in [0.25, 0.3) is 10.1 Å². The minimum absolute atomic E-state index is 0.211. The van der Waals surface area contributed by atoms with Crippen molar-refractivity contribution in [3.05, 3.63) is 0 Å². The molecule has 8 heteroatoms. The molecule has 0 aromatic rings. The molecule has 0 fully saturated rings. The van der Waals surface area contributed by atoms with Gasteiger partial charge < -0.3 is 10.2 Å². The topological polar surface area (TPSA) is 129 Å². The summed E-state index contributed by atoms with van der Waals surface area (Å²) in [6.07, 6.45) is 3.03. The number of carbonyl (C=O) groups is 2. The lowest BCUT2D eigenvalue weighted by molar-refractivity contribution is -0.158. The van der Waals surface area contributed by atoms with Gasteiger partial charge >= 0.3 is 11.9 Å². The van der Waals surface area contributed by atoms with E-state index in [1.807, 2.05) is 6.92 Å². The van der Waals surface area contributed by atoms with Crippen LogP contribution in [0, 0.1) is 5.41 Å². The summed E-state index contributed by atoms with van der Waals surface area (Å²) in [6.45, 7) is 4.00. The van der Waals surface area contributed by atoms with Gasteiger partial charge in [-0.15, -0.1) is 0 Å². The zero-order valence-electron chi connectivity index (χ0n) is 12.6. The zero-order chi connectivity index (χ0) is 16.9. The Morgan fingerprint density at radius 1 is 0.952 bits per heavy atom. The molecular weight excluding hydrogens is 300 g/mol. The third-order valence-corrected chi connectivity index (χ3v) is 5.73. The van der Waals surface area contributed by atoms with E-state index in [0.717, 1.165) is 33.1 Å². The Bertz CT molecular complexity index is 481. The molecule has 7 nitrogen and oxygen atoms in total. The highest BCUT2D eigenvalue weighted by Gasteiger charge is 2.64. The van der Waals surface area contributed by atoms with Crippen LogP contribution in [-0.2, 0) is 19.7 Å². The number of carboxylic acids is 2. The van der Waals surface area contributed by atoms with Gasteiger partial charge in [0.1, 0.15) is 0 Å². The van der Waals surface area contributed by atoms with Crippen LogP contribution in [0.5, 0.6) is 0 Å². The van der Waals surface area contributed by atoms with Gasteiger partial charge in [-0.25, -0.2) is 0 Å². The Morgan fingerprint density at radius 2 is 1.43 bits per heavy atom. The van der Waals surface area contributed by atoms with Gasteiger partial charge in [0.05, 0.1) is 5.41 Å². The first-order valence-electron chi connectivity index (χ1n) is 6.89. The maximum atomic E-state index is 11.7. The van der Waals surface area contributed by atoms with Crippen molar-refractivity contribution in [1.29, 1.82) is 0 Å². The lowest BCUT2D eigenvalue weighted by Gasteiger charge is -2.37. The minimum atomic E-state index is -5.10. The van der Waals surface area contributed by atoms with Crippen LogP contribution in [0.3, 0.4) is 0 Å². The predicted molar refractivity (Wildman–Crippen MR) is 76.7 cm³/mol. The Hall–Kier alpha value is -1.15. The van der Waals surface area contributed by atoms with Gasteiger partial charge in [-0.1, -0.05) is 39.0 Å². The second-order valence-electron chi connectivity index (χ2n) is 5.70. The molecule has 0 saturated heterocycles. The van der Waals surface area contributed by atoms with Crippen molar-refractivity contribution in [2.45, 2.75) is 64.0 Å². The molecule has 0 aliphatic carbocycles. The van der Waals surface area contributed by atoms with Gasteiger partial charge in [-0.2, -0.15) is 8.42 Å². The second kappa shape index (κ2) is 7.22. The molecule has 0 amide bonds. The second-order valence-corrected chi connectivity index (χ2v) is 7.35. The quantitative estimate of drug-likeness (QED) is 0.415. The molecule has 21 heavy (non-hydrogen) atoms. The van der Waals surface area contributed by atoms with Crippen LogP contribution >= 0.6 is 0 Å². The lowest BCUT2D eigenvalue weighted by atomic mass is 9.75. The van der Waals surface area contributed by atoms with Crippen LogP contribution in [0.4, 0.5) is 0 Å². The number of carboxylic acid groups (broad SMARTS) is 2. The van der Waals surface area contributed by atoms with Gasteiger partial charge in [-0.05, 0) is 20.3 Å². The fourth-order valence-corrected chi connectivity index (χ4v) is 3.75. The first-order valence-corrected chi connectivity index (χ1v) is 8.33. The summed E-state index contributed by atoms with van der Waals surface area (Å²) < 4.78 is 30.0. The first kappa shape index (κ1) is 19.9. The Morgan fingerprint density at radius 3 is 1.76 bits per heavy atom. The number of hydrogen-bond acceptors (Lipinski definition) is 4. The number of aliphatic carboxylic acids is 2.